The van der Waals surface area contributed by atoms with Crippen LogP contribution in [0.4, 0.5) is 0 Å². The largest absolute Gasteiger partial charge is 0.147 e. The van der Waals surface area contributed by atoms with E-state index in [0.29, 0.717) is 10.5 Å². The fourth-order valence-electron chi connectivity index (χ4n) is 1.22. The van der Waals surface area contributed by atoms with Crippen molar-refractivity contribution < 1.29 is 0 Å². The summed E-state index contributed by atoms with van der Waals surface area (Å²) in [5.41, 5.74) is 2.64. The van der Waals surface area contributed by atoms with Crippen molar-refractivity contribution in [2.75, 3.05) is 0 Å². The minimum atomic E-state index is 0.533. The van der Waals surface area contributed by atoms with E-state index in [1.54, 1.807) is 0 Å². The zero-order valence-electron chi connectivity index (χ0n) is 11.9. The van der Waals surface area contributed by atoms with E-state index in [1.807, 2.05) is 11.8 Å². The Hall–Kier alpha value is -0.690. The van der Waals surface area contributed by atoms with Crippen LogP contribution in [-0.4, -0.2) is 5.25 Å². The third-order valence-electron chi connectivity index (χ3n) is 2.37. The van der Waals surface area contributed by atoms with Crippen LogP contribution in [0.3, 0.4) is 0 Å². The van der Waals surface area contributed by atoms with Crippen LogP contribution in [0.2, 0.25) is 0 Å². The van der Waals surface area contributed by atoms with Gasteiger partial charge in [0.05, 0.1) is 0 Å². The van der Waals surface area contributed by atoms with Gasteiger partial charge < -0.3 is 0 Å². The SMILES string of the molecule is C=C(C)C(C)SC(C)c1ccccc1.CCC. The zero-order chi connectivity index (χ0) is 13.3. The number of rotatable bonds is 4. The molecular formula is C16H26S. The average Bonchev–Trinajstić information content (AvgIpc) is 2.31. The summed E-state index contributed by atoms with van der Waals surface area (Å²) in [6.45, 7) is 14.8. The predicted octanol–water partition coefficient (Wildman–Crippen LogP) is 5.86. The third-order valence-corrected chi connectivity index (χ3v) is 3.86. The molecule has 96 valence electrons. The van der Waals surface area contributed by atoms with Gasteiger partial charge in [-0.1, -0.05) is 62.8 Å². The van der Waals surface area contributed by atoms with E-state index in [0.717, 1.165) is 0 Å². The van der Waals surface area contributed by atoms with E-state index in [1.165, 1.54) is 17.6 Å². The Morgan fingerprint density at radius 1 is 1.18 bits per heavy atom. The second-order valence-electron chi connectivity index (χ2n) is 4.38. The Bertz CT molecular complexity index is 303. The van der Waals surface area contributed by atoms with Crippen LogP contribution < -0.4 is 0 Å². The molecule has 1 aromatic carbocycles. The second-order valence-corrected chi connectivity index (χ2v) is 6.07. The summed E-state index contributed by atoms with van der Waals surface area (Å²) in [5, 5.41) is 1.08. The molecule has 0 aromatic heterocycles. The first-order valence-electron chi connectivity index (χ1n) is 6.38. The first-order chi connectivity index (χ1) is 8.02. The molecule has 0 amide bonds. The van der Waals surface area contributed by atoms with Crippen molar-refractivity contribution in [3.63, 3.8) is 0 Å². The Labute approximate surface area is 112 Å². The van der Waals surface area contributed by atoms with E-state index in [-0.39, 0.29) is 0 Å². The van der Waals surface area contributed by atoms with Gasteiger partial charge in [-0.3, -0.25) is 0 Å². The monoisotopic (exact) mass is 250 g/mol. The molecule has 0 aliphatic heterocycles. The molecule has 2 atom stereocenters. The van der Waals surface area contributed by atoms with Gasteiger partial charge in [-0.15, -0.1) is 11.8 Å². The average molecular weight is 250 g/mol. The van der Waals surface area contributed by atoms with Gasteiger partial charge >= 0.3 is 0 Å². The fraction of sp³-hybridized carbons (Fsp3) is 0.500. The lowest BCUT2D eigenvalue weighted by molar-refractivity contribution is 1.05. The van der Waals surface area contributed by atoms with E-state index < -0.39 is 0 Å². The van der Waals surface area contributed by atoms with Crippen LogP contribution in [0.5, 0.6) is 0 Å². The molecule has 0 aliphatic carbocycles. The summed E-state index contributed by atoms with van der Waals surface area (Å²) in [5.74, 6) is 0. The predicted molar refractivity (Wildman–Crippen MR) is 82.7 cm³/mol. The van der Waals surface area contributed by atoms with Crippen LogP contribution in [0.25, 0.3) is 0 Å². The molecule has 17 heavy (non-hydrogen) atoms. The Morgan fingerprint density at radius 2 is 1.65 bits per heavy atom. The third kappa shape index (κ3) is 7.27. The standard InChI is InChI=1S/C13H18S.C3H8/c1-10(2)11(3)14-12(4)13-8-6-5-7-9-13;1-3-2/h5-9,11-12H,1H2,2-4H3;3H2,1-2H3. The van der Waals surface area contributed by atoms with Crippen molar-refractivity contribution in [2.24, 2.45) is 0 Å². The van der Waals surface area contributed by atoms with E-state index in [2.05, 4.69) is 71.5 Å². The molecule has 1 aromatic rings. The van der Waals surface area contributed by atoms with Gasteiger partial charge in [-0.05, 0) is 26.3 Å². The normalized spacial score (nSPS) is 13.2. The summed E-state index contributed by atoms with van der Waals surface area (Å²) < 4.78 is 0. The van der Waals surface area contributed by atoms with Crippen molar-refractivity contribution in [1.82, 2.24) is 0 Å². The highest BCUT2D eigenvalue weighted by molar-refractivity contribution is 8.00. The molecule has 0 spiro atoms. The van der Waals surface area contributed by atoms with Gasteiger partial charge in [0.2, 0.25) is 0 Å². The highest BCUT2D eigenvalue weighted by Gasteiger charge is 2.10. The lowest BCUT2D eigenvalue weighted by Crippen LogP contribution is -2.00. The fourth-order valence-corrected chi connectivity index (χ4v) is 2.38. The molecule has 1 rings (SSSR count). The molecule has 0 fully saturated rings. The van der Waals surface area contributed by atoms with Crippen molar-refractivity contribution in [3.05, 3.63) is 48.0 Å². The molecule has 2 unspecified atom stereocenters. The van der Waals surface area contributed by atoms with Crippen LogP contribution >= 0.6 is 11.8 Å². The second kappa shape index (κ2) is 9.35. The number of thioether (sulfide) groups is 1. The Balaban J connectivity index is 0.000000770. The van der Waals surface area contributed by atoms with Crippen LogP contribution in [-0.2, 0) is 0 Å². The molecule has 0 saturated heterocycles. The maximum atomic E-state index is 3.98. The maximum Gasteiger partial charge on any atom is 0.0274 e. The van der Waals surface area contributed by atoms with Gasteiger partial charge in [-0.2, -0.15) is 0 Å². The quantitative estimate of drug-likeness (QED) is 0.603. The topological polar surface area (TPSA) is 0 Å². The number of hydrogen-bond donors (Lipinski definition) is 0. The number of hydrogen-bond acceptors (Lipinski definition) is 1. The summed E-state index contributed by atoms with van der Waals surface area (Å²) in [4.78, 5) is 0. The molecule has 0 saturated carbocycles. The van der Waals surface area contributed by atoms with E-state index in [9.17, 15) is 0 Å². The molecule has 0 aliphatic rings. The summed E-state index contributed by atoms with van der Waals surface area (Å²) in [7, 11) is 0. The Kier molecular flexibility index (Phi) is 8.97. The maximum absolute atomic E-state index is 3.98. The molecule has 1 heteroatoms. The highest BCUT2D eigenvalue weighted by atomic mass is 32.2. The molecule has 0 N–H and O–H groups in total. The molecular weight excluding hydrogens is 224 g/mol. The van der Waals surface area contributed by atoms with Gasteiger partial charge in [0.25, 0.3) is 0 Å². The smallest absolute Gasteiger partial charge is 0.0274 e. The van der Waals surface area contributed by atoms with Crippen molar-refractivity contribution in [2.45, 2.75) is 51.5 Å². The van der Waals surface area contributed by atoms with E-state index >= 15 is 0 Å². The lowest BCUT2D eigenvalue weighted by atomic mass is 10.2. The molecule has 0 nitrogen and oxygen atoms in total. The van der Waals surface area contributed by atoms with Crippen molar-refractivity contribution in [1.29, 1.82) is 0 Å². The van der Waals surface area contributed by atoms with Gasteiger partial charge in [0.15, 0.2) is 0 Å². The first-order valence-corrected chi connectivity index (χ1v) is 7.32. The van der Waals surface area contributed by atoms with Gasteiger partial charge in [0, 0.05) is 10.5 Å². The molecule has 0 bridgehead atoms. The zero-order valence-corrected chi connectivity index (χ0v) is 12.7. The van der Waals surface area contributed by atoms with Crippen molar-refractivity contribution in [3.8, 4) is 0 Å². The van der Waals surface area contributed by atoms with Gasteiger partial charge in [-0.25, -0.2) is 0 Å². The first kappa shape index (κ1) is 16.3. The minimum Gasteiger partial charge on any atom is -0.147 e. The van der Waals surface area contributed by atoms with Gasteiger partial charge in [0.1, 0.15) is 0 Å². The lowest BCUT2D eigenvalue weighted by Gasteiger charge is -2.17. The highest BCUT2D eigenvalue weighted by Crippen LogP contribution is 2.33. The summed E-state index contributed by atoms with van der Waals surface area (Å²) in [6, 6.07) is 10.6. The molecule has 0 radical (unpaired) electrons. The van der Waals surface area contributed by atoms with E-state index in [4.69, 9.17) is 0 Å². The minimum absolute atomic E-state index is 0.533. The summed E-state index contributed by atoms with van der Waals surface area (Å²) in [6.07, 6.45) is 1.25. The van der Waals surface area contributed by atoms with Crippen LogP contribution in [0, 0.1) is 0 Å². The van der Waals surface area contributed by atoms with Crippen LogP contribution in [0.15, 0.2) is 42.5 Å². The number of benzene rings is 1. The van der Waals surface area contributed by atoms with Crippen molar-refractivity contribution >= 4 is 11.8 Å². The molecule has 0 heterocycles. The summed E-state index contributed by atoms with van der Waals surface area (Å²) >= 11 is 1.96. The van der Waals surface area contributed by atoms with Crippen LogP contribution in [0.1, 0.15) is 51.9 Å². The Morgan fingerprint density at radius 3 is 2.06 bits per heavy atom.